The number of carboxylic acid groups (broad SMARTS) is 1. The zero-order valence-corrected chi connectivity index (χ0v) is 18.4. The van der Waals surface area contributed by atoms with Crippen molar-refractivity contribution in [3.63, 3.8) is 0 Å². The van der Waals surface area contributed by atoms with E-state index in [0.29, 0.717) is 6.54 Å². The van der Waals surface area contributed by atoms with Crippen molar-refractivity contribution in [3.8, 4) is 5.75 Å². The third kappa shape index (κ3) is 5.08. The van der Waals surface area contributed by atoms with Gasteiger partial charge >= 0.3 is 0 Å². The Hall–Kier alpha value is -3.40. The summed E-state index contributed by atoms with van der Waals surface area (Å²) < 4.78 is 12.8. The van der Waals surface area contributed by atoms with E-state index in [4.69, 9.17) is 19.4 Å². The van der Waals surface area contributed by atoms with Crippen LogP contribution in [0.4, 0.5) is 0 Å². The van der Waals surface area contributed by atoms with Crippen molar-refractivity contribution in [2.75, 3.05) is 13.7 Å². The Morgan fingerprint density at radius 1 is 1.34 bits per heavy atom. The monoisotopic (exact) mass is 444 g/mol. The Bertz CT molecular complexity index is 954. The van der Waals surface area contributed by atoms with Crippen LogP contribution in [0, 0.1) is 6.92 Å². The van der Waals surface area contributed by atoms with E-state index in [9.17, 15) is 9.59 Å². The Morgan fingerprint density at radius 2 is 2.00 bits per heavy atom. The molecule has 2 amide bonds. The fourth-order valence-corrected chi connectivity index (χ4v) is 3.77. The van der Waals surface area contributed by atoms with Crippen LogP contribution in [0.3, 0.4) is 0 Å². The Labute approximate surface area is 186 Å². The van der Waals surface area contributed by atoms with Crippen molar-refractivity contribution < 1.29 is 29.0 Å². The Balaban J connectivity index is 0.000000913. The molecule has 10 heteroatoms. The summed E-state index contributed by atoms with van der Waals surface area (Å²) in [5.74, 6) is 0.426. The summed E-state index contributed by atoms with van der Waals surface area (Å²) >= 11 is 0. The van der Waals surface area contributed by atoms with E-state index in [1.54, 1.807) is 18.0 Å². The predicted octanol–water partition coefficient (Wildman–Crippen LogP) is 1.19. The summed E-state index contributed by atoms with van der Waals surface area (Å²) in [4.78, 5) is 35.9. The molecule has 2 atom stereocenters. The molecule has 10 nitrogen and oxygen atoms in total. The molecule has 1 aromatic carbocycles. The summed E-state index contributed by atoms with van der Waals surface area (Å²) in [6.45, 7) is 2.00. The molecule has 0 spiro atoms. The normalized spacial score (nSPS) is 20.2. The lowest BCUT2D eigenvalue weighted by Gasteiger charge is -2.40. The van der Waals surface area contributed by atoms with Gasteiger partial charge in [-0.3, -0.25) is 19.1 Å². The molecule has 1 saturated carbocycles. The summed E-state index contributed by atoms with van der Waals surface area (Å²) in [6.07, 6.45) is 2.90. The van der Waals surface area contributed by atoms with Gasteiger partial charge in [0.2, 0.25) is 5.91 Å². The number of morpholine rings is 1. The van der Waals surface area contributed by atoms with Gasteiger partial charge in [-0.2, -0.15) is 5.10 Å². The lowest BCUT2D eigenvalue weighted by Crippen LogP contribution is -2.55. The Morgan fingerprint density at radius 3 is 2.53 bits per heavy atom. The third-order valence-electron chi connectivity index (χ3n) is 5.71. The van der Waals surface area contributed by atoms with Crippen LogP contribution >= 0.6 is 0 Å². The highest BCUT2D eigenvalue weighted by atomic mass is 16.5. The number of carbonyl (C=O) groups excluding carboxylic acids is 2. The van der Waals surface area contributed by atoms with Crippen molar-refractivity contribution in [2.45, 2.75) is 44.5 Å². The minimum atomic E-state index is -0.765. The molecule has 2 fully saturated rings. The van der Waals surface area contributed by atoms with E-state index in [0.717, 1.165) is 35.4 Å². The second kappa shape index (κ2) is 10.3. The zero-order valence-electron chi connectivity index (χ0n) is 18.4. The quantitative estimate of drug-likeness (QED) is 0.642. The molecule has 2 N–H and O–H groups in total. The van der Waals surface area contributed by atoms with Crippen LogP contribution in [0.15, 0.2) is 30.5 Å². The molecule has 0 radical (unpaired) electrons. The van der Waals surface area contributed by atoms with E-state index in [1.165, 1.54) is 0 Å². The topological polar surface area (TPSA) is 123 Å². The second-order valence-corrected chi connectivity index (χ2v) is 7.68. The van der Waals surface area contributed by atoms with Crippen LogP contribution in [-0.2, 0) is 32.7 Å². The SMILES string of the molecule is COc1ccc([C@@H]2[C@@H](C(=O)NCc3cnn(C)c3C)OCC(=O)N2C2CC2)cc1.O=CO. The first-order chi connectivity index (χ1) is 15.4. The van der Waals surface area contributed by atoms with Gasteiger partial charge in [0, 0.05) is 30.9 Å². The highest BCUT2D eigenvalue weighted by molar-refractivity contribution is 5.86. The number of ether oxygens (including phenoxy) is 2. The maximum absolute atomic E-state index is 13.1. The number of benzene rings is 1. The predicted molar refractivity (Wildman–Crippen MR) is 114 cm³/mol. The van der Waals surface area contributed by atoms with Gasteiger partial charge in [-0.1, -0.05) is 12.1 Å². The van der Waals surface area contributed by atoms with Gasteiger partial charge in [-0.05, 0) is 37.5 Å². The standard InChI is InChI=1S/C21H26N4O4.CH2O2/c1-13-15(11-23-24(13)2)10-22-21(27)20-19(14-4-8-17(28-3)9-5-14)25(16-6-7-16)18(26)12-29-20;2-1-3/h4-5,8-9,11,16,19-20H,6-7,10,12H2,1-3H3,(H,22,27);1H,(H,2,3)/t19-,20+;/m1./s1. The van der Waals surface area contributed by atoms with Crippen molar-refractivity contribution in [1.29, 1.82) is 0 Å². The molecular weight excluding hydrogens is 416 g/mol. The van der Waals surface area contributed by atoms with Crippen LogP contribution < -0.4 is 10.1 Å². The molecule has 172 valence electrons. The van der Waals surface area contributed by atoms with E-state index in [2.05, 4.69) is 10.4 Å². The number of aromatic nitrogens is 2. The van der Waals surface area contributed by atoms with E-state index in [1.807, 2.05) is 43.1 Å². The molecule has 2 aromatic rings. The summed E-state index contributed by atoms with van der Waals surface area (Å²) in [5.41, 5.74) is 2.81. The summed E-state index contributed by atoms with van der Waals surface area (Å²) in [6, 6.07) is 7.19. The van der Waals surface area contributed by atoms with Gasteiger partial charge in [-0.25, -0.2) is 0 Å². The van der Waals surface area contributed by atoms with Crippen molar-refractivity contribution in [3.05, 3.63) is 47.3 Å². The number of nitrogens with one attached hydrogen (secondary N) is 1. The van der Waals surface area contributed by atoms with Crippen molar-refractivity contribution >= 4 is 18.3 Å². The molecule has 1 aliphatic heterocycles. The molecular formula is C22H28N4O6. The number of hydrogen-bond acceptors (Lipinski definition) is 6. The van der Waals surface area contributed by atoms with E-state index >= 15 is 0 Å². The number of hydrogen-bond donors (Lipinski definition) is 2. The van der Waals surface area contributed by atoms with Gasteiger partial charge in [-0.15, -0.1) is 0 Å². The van der Waals surface area contributed by atoms with Crippen LogP contribution in [0.1, 0.15) is 35.7 Å². The highest BCUT2D eigenvalue weighted by Gasteiger charge is 2.47. The van der Waals surface area contributed by atoms with Crippen molar-refractivity contribution in [2.24, 2.45) is 7.05 Å². The minimum absolute atomic E-state index is 0.0690. The number of nitrogens with zero attached hydrogens (tertiary/aromatic N) is 3. The average Bonchev–Trinajstić information content (AvgIpc) is 3.58. The van der Waals surface area contributed by atoms with E-state index in [-0.39, 0.29) is 30.9 Å². The molecule has 1 aromatic heterocycles. The first-order valence-corrected chi connectivity index (χ1v) is 10.3. The van der Waals surface area contributed by atoms with E-state index < -0.39 is 12.1 Å². The number of rotatable bonds is 6. The Kier molecular flexibility index (Phi) is 7.47. The largest absolute Gasteiger partial charge is 0.497 e. The lowest BCUT2D eigenvalue weighted by atomic mass is 9.96. The third-order valence-corrected chi connectivity index (χ3v) is 5.71. The first-order valence-electron chi connectivity index (χ1n) is 10.3. The van der Waals surface area contributed by atoms with Gasteiger partial charge in [0.1, 0.15) is 12.4 Å². The second-order valence-electron chi connectivity index (χ2n) is 7.68. The van der Waals surface area contributed by atoms with Crippen LogP contribution in [0.5, 0.6) is 5.75 Å². The van der Waals surface area contributed by atoms with Gasteiger partial charge in [0.05, 0.1) is 19.3 Å². The number of methoxy groups -OCH3 is 1. The molecule has 1 aliphatic carbocycles. The zero-order chi connectivity index (χ0) is 23.3. The maximum atomic E-state index is 13.1. The summed E-state index contributed by atoms with van der Waals surface area (Å²) in [5, 5.41) is 14.1. The highest BCUT2D eigenvalue weighted by Crippen LogP contribution is 2.39. The van der Waals surface area contributed by atoms with Gasteiger partial charge in [0.25, 0.3) is 12.4 Å². The average molecular weight is 444 g/mol. The summed E-state index contributed by atoms with van der Waals surface area (Å²) in [7, 11) is 3.47. The number of aryl methyl sites for hydroxylation is 1. The van der Waals surface area contributed by atoms with Crippen LogP contribution in [0.25, 0.3) is 0 Å². The number of amides is 2. The molecule has 32 heavy (non-hydrogen) atoms. The van der Waals surface area contributed by atoms with Crippen LogP contribution in [0.2, 0.25) is 0 Å². The molecule has 2 heterocycles. The molecule has 2 aliphatic rings. The molecule has 0 unspecified atom stereocenters. The molecule has 1 saturated heterocycles. The lowest BCUT2D eigenvalue weighted by molar-refractivity contribution is -0.165. The molecule has 4 rings (SSSR count). The van der Waals surface area contributed by atoms with Gasteiger partial charge in [0.15, 0.2) is 6.10 Å². The van der Waals surface area contributed by atoms with Crippen molar-refractivity contribution in [1.82, 2.24) is 20.0 Å². The minimum Gasteiger partial charge on any atom is -0.497 e. The fourth-order valence-electron chi connectivity index (χ4n) is 3.77. The fraction of sp³-hybridized carbons (Fsp3) is 0.455. The van der Waals surface area contributed by atoms with Gasteiger partial charge < -0.3 is 24.8 Å². The first kappa shape index (κ1) is 23.3. The van der Waals surface area contributed by atoms with Crippen LogP contribution in [-0.4, -0.2) is 63.9 Å². The maximum Gasteiger partial charge on any atom is 0.290 e. The number of carbonyl (C=O) groups is 3. The molecule has 0 bridgehead atoms. The smallest absolute Gasteiger partial charge is 0.290 e.